The molecule has 1 N–H and O–H groups in total. The Hall–Kier alpha value is -1.87. The van der Waals surface area contributed by atoms with Crippen molar-refractivity contribution >= 4 is 27.8 Å². The number of aromatic hydroxyl groups is 1. The number of carbonyl (C=O) groups excluding carboxylic acids is 1. The molecule has 0 atom stereocenters. The van der Waals surface area contributed by atoms with Crippen molar-refractivity contribution in [3.8, 4) is 5.75 Å². The van der Waals surface area contributed by atoms with Gasteiger partial charge in [0.15, 0.2) is 5.78 Å². The van der Waals surface area contributed by atoms with E-state index in [1.807, 2.05) is 24.3 Å². The number of rotatable bonds is 3. The van der Waals surface area contributed by atoms with Crippen LogP contribution in [0.15, 0.2) is 59.1 Å². The fraction of sp³-hybridized carbons (Fsp3) is 0. The second-order valence-corrected chi connectivity index (χ2v) is 4.72. The van der Waals surface area contributed by atoms with E-state index in [1.54, 1.807) is 18.2 Å². The number of hydrogen-bond acceptors (Lipinski definition) is 2. The lowest BCUT2D eigenvalue weighted by Gasteiger charge is -1.97. The molecular formula is C15H11BrO2. The topological polar surface area (TPSA) is 37.3 Å². The summed E-state index contributed by atoms with van der Waals surface area (Å²) in [5, 5.41) is 9.30. The average molecular weight is 303 g/mol. The minimum Gasteiger partial charge on any atom is -0.508 e. The van der Waals surface area contributed by atoms with Crippen LogP contribution in [0.4, 0.5) is 0 Å². The molecule has 0 saturated carbocycles. The zero-order valence-electron chi connectivity index (χ0n) is 9.51. The van der Waals surface area contributed by atoms with Crippen LogP contribution in [0.2, 0.25) is 0 Å². The largest absolute Gasteiger partial charge is 0.508 e. The molecule has 2 nitrogen and oxygen atoms in total. The van der Waals surface area contributed by atoms with Crippen LogP contribution in [0, 0.1) is 0 Å². The van der Waals surface area contributed by atoms with E-state index in [0.29, 0.717) is 5.56 Å². The van der Waals surface area contributed by atoms with Crippen LogP contribution in [-0.2, 0) is 0 Å². The van der Waals surface area contributed by atoms with Crippen LogP contribution in [0.5, 0.6) is 5.75 Å². The van der Waals surface area contributed by atoms with Gasteiger partial charge in [-0.1, -0.05) is 46.3 Å². The quantitative estimate of drug-likeness (QED) is 0.686. The maximum Gasteiger partial charge on any atom is 0.185 e. The van der Waals surface area contributed by atoms with Crippen molar-refractivity contribution in [3.05, 3.63) is 70.2 Å². The van der Waals surface area contributed by atoms with E-state index < -0.39 is 0 Å². The first-order valence-corrected chi connectivity index (χ1v) is 6.21. The Morgan fingerprint density at radius 2 is 1.89 bits per heavy atom. The van der Waals surface area contributed by atoms with E-state index >= 15 is 0 Å². The molecule has 90 valence electrons. The molecular weight excluding hydrogens is 292 g/mol. The summed E-state index contributed by atoms with van der Waals surface area (Å²) < 4.78 is 0.967. The van der Waals surface area contributed by atoms with Crippen LogP contribution >= 0.6 is 15.9 Å². The third-order valence-corrected chi connectivity index (χ3v) is 2.90. The fourth-order valence-corrected chi connectivity index (χ4v) is 1.95. The van der Waals surface area contributed by atoms with Crippen molar-refractivity contribution in [1.29, 1.82) is 0 Å². The molecule has 0 aliphatic carbocycles. The maximum absolute atomic E-state index is 11.8. The number of halogens is 1. The minimum absolute atomic E-state index is 0.0942. The predicted molar refractivity (Wildman–Crippen MR) is 75.6 cm³/mol. The van der Waals surface area contributed by atoms with Gasteiger partial charge in [0.2, 0.25) is 0 Å². The molecule has 0 fully saturated rings. The van der Waals surface area contributed by atoms with E-state index in [2.05, 4.69) is 15.9 Å². The first-order valence-electron chi connectivity index (χ1n) is 5.42. The lowest BCUT2D eigenvalue weighted by molar-refractivity contribution is 0.104. The molecule has 18 heavy (non-hydrogen) atoms. The van der Waals surface area contributed by atoms with Gasteiger partial charge in [-0.05, 0) is 35.9 Å². The second kappa shape index (κ2) is 5.65. The van der Waals surface area contributed by atoms with Crippen molar-refractivity contribution in [3.63, 3.8) is 0 Å². The Bertz CT molecular complexity index is 603. The molecule has 0 unspecified atom stereocenters. The number of hydrogen-bond donors (Lipinski definition) is 1. The summed E-state index contributed by atoms with van der Waals surface area (Å²) in [5.41, 5.74) is 1.42. The van der Waals surface area contributed by atoms with Crippen LogP contribution in [0.25, 0.3) is 6.08 Å². The van der Waals surface area contributed by atoms with E-state index in [0.717, 1.165) is 10.0 Å². The van der Waals surface area contributed by atoms with Gasteiger partial charge in [-0.25, -0.2) is 0 Å². The van der Waals surface area contributed by atoms with Crippen molar-refractivity contribution in [2.45, 2.75) is 0 Å². The normalized spacial score (nSPS) is 10.7. The Morgan fingerprint density at radius 1 is 1.11 bits per heavy atom. The third kappa shape index (κ3) is 3.31. The highest BCUT2D eigenvalue weighted by Crippen LogP contribution is 2.15. The zero-order chi connectivity index (χ0) is 13.0. The van der Waals surface area contributed by atoms with Crippen LogP contribution < -0.4 is 0 Å². The van der Waals surface area contributed by atoms with Gasteiger partial charge in [0.25, 0.3) is 0 Å². The molecule has 0 aliphatic heterocycles. The third-order valence-electron chi connectivity index (χ3n) is 2.41. The molecule has 0 aliphatic rings. The highest BCUT2D eigenvalue weighted by Gasteiger charge is 2.01. The van der Waals surface area contributed by atoms with Crippen LogP contribution in [-0.4, -0.2) is 10.9 Å². The zero-order valence-corrected chi connectivity index (χ0v) is 11.1. The molecule has 0 spiro atoms. The Morgan fingerprint density at radius 3 is 2.61 bits per heavy atom. The van der Waals surface area contributed by atoms with Gasteiger partial charge in [-0.3, -0.25) is 4.79 Å². The molecule has 2 rings (SSSR count). The summed E-state index contributed by atoms with van der Waals surface area (Å²) in [4.78, 5) is 11.8. The number of phenols is 1. The predicted octanol–water partition coefficient (Wildman–Crippen LogP) is 4.05. The van der Waals surface area contributed by atoms with Crippen molar-refractivity contribution < 1.29 is 9.90 Å². The van der Waals surface area contributed by atoms with Gasteiger partial charge in [0, 0.05) is 10.0 Å². The van der Waals surface area contributed by atoms with Gasteiger partial charge in [0.1, 0.15) is 5.75 Å². The van der Waals surface area contributed by atoms with Crippen molar-refractivity contribution in [1.82, 2.24) is 0 Å². The molecule has 0 heterocycles. The molecule has 0 aromatic heterocycles. The molecule has 0 radical (unpaired) electrons. The van der Waals surface area contributed by atoms with Crippen LogP contribution in [0.3, 0.4) is 0 Å². The number of ketones is 1. The summed E-state index contributed by atoms with van der Waals surface area (Å²) in [6.45, 7) is 0. The number of allylic oxidation sites excluding steroid dienone is 1. The number of benzene rings is 2. The van der Waals surface area contributed by atoms with E-state index in [1.165, 1.54) is 18.2 Å². The number of carbonyl (C=O) groups is 1. The smallest absolute Gasteiger partial charge is 0.185 e. The second-order valence-electron chi connectivity index (χ2n) is 3.80. The van der Waals surface area contributed by atoms with Crippen LogP contribution in [0.1, 0.15) is 15.9 Å². The highest BCUT2D eigenvalue weighted by atomic mass is 79.9. The first-order chi connectivity index (χ1) is 8.65. The maximum atomic E-state index is 11.8. The summed E-state index contributed by atoms with van der Waals surface area (Å²) in [6.07, 6.45) is 3.24. The van der Waals surface area contributed by atoms with E-state index in [-0.39, 0.29) is 11.5 Å². The lowest BCUT2D eigenvalue weighted by atomic mass is 10.1. The Labute approximate surface area is 114 Å². The fourth-order valence-electron chi connectivity index (χ4n) is 1.54. The van der Waals surface area contributed by atoms with Gasteiger partial charge in [-0.2, -0.15) is 0 Å². The summed E-state index contributed by atoms with van der Waals surface area (Å²) >= 11 is 3.37. The van der Waals surface area contributed by atoms with Gasteiger partial charge < -0.3 is 5.11 Å². The lowest BCUT2D eigenvalue weighted by Crippen LogP contribution is -1.93. The first kappa shape index (κ1) is 12.6. The monoisotopic (exact) mass is 302 g/mol. The Balaban J connectivity index is 2.17. The standard InChI is InChI=1S/C15H11BrO2/c16-13-5-1-3-11(9-13)7-8-15(18)12-4-2-6-14(17)10-12/h1-10,17H. The molecule has 0 bridgehead atoms. The summed E-state index contributed by atoms with van der Waals surface area (Å²) in [5.74, 6) is -0.0393. The van der Waals surface area contributed by atoms with Gasteiger partial charge in [-0.15, -0.1) is 0 Å². The van der Waals surface area contributed by atoms with E-state index in [4.69, 9.17) is 0 Å². The minimum atomic E-state index is -0.133. The van der Waals surface area contributed by atoms with Gasteiger partial charge >= 0.3 is 0 Å². The summed E-state index contributed by atoms with van der Waals surface area (Å²) in [7, 11) is 0. The number of phenolic OH excluding ortho intramolecular Hbond substituents is 1. The molecule has 2 aromatic rings. The SMILES string of the molecule is O=C(C=Cc1cccc(Br)c1)c1cccc(O)c1. The van der Waals surface area contributed by atoms with Gasteiger partial charge in [0.05, 0.1) is 0 Å². The van der Waals surface area contributed by atoms with E-state index in [9.17, 15) is 9.90 Å². The molecule has 0 amide bonds. The van der Waals surface area contributed by atoms with Crippen molar-refractivity contribution in [2.75, 3.05) is 0 Å². The molecule has 2 aromatic carbocycles. The Kier molecular flexibility index (Phi) is 3.95. The van der Waals surface area contributed by atoms with Crippen molar-refractivity contribution in [2.24, 2.45) is 0 Å². The molecule has 3 heteroatoms. The average Bonchev–Trinajstić information content (AvgIpc) is 2.36. The highest BCUT2D eigenvalue weighted by molar-refractivity contribution is 9.10. The summed E-state index contributed by atoms with van der Waals surface area (Å²) in [6, 6.07) is 14.0. The molecule has 0 saturated heterocycles.